The lowest BCUT2D eigenvalue weighted by Gasteiger charge is -2.23. The average molecular weight is 361 g/mol. The molecule has 0 rings (SSSR count). The summed E-state index contributed by atoms with van der Waals surface area (Å²) in [5, 5.41) is 30.5. The van der Waals surface area contributed by atoms with Crippen molar-refractivity contribution in [2.24, 2.45) is 11.7 Å². The van der Waals surface area contributed by atoms with Crippen LogP contribution >= 0.6 is 0 Å². The van der Waals surface area contributed by atoms with Crippen LogP contribution in [-0.4, -0.2) is 63.2 Å². The van der Waals surface area contributed by atoms with Crippen molar-refractivity contribution in [3.05, 3.63) is 0 Å². The third-order valence-electron chi connectivity index (χ3n) is 3.56. The van der Waals surface area contributed by atoms with Crippen LogP contribution in [0, 0.1) is 5.92 Å². The third-order valence-corrected chi connectivity index (χ3v) is 3.56. The second-order valence-electron chi connectivity index (χ2n) is 5.57. The lowest BCUT2D eigenvalue weighted by Crippen LogP contribution is -2.56. The first-order chi connectivity index (χ1) is 11.5. The zero-order valence-electron chi connectivity index (χ0n) is 13.9. The molecule has 4 unspecified atom stereocenters. The fourth-order valence-corrected chi connectivity index (χ4v) is 1.81. The number of hydrogen-bond donors (Lipinski definition) is 6. The van der Waals surface area contributed by atoms with E-state index in [0.717, 1.165) is 0 Å². The van der Waals surface area contributed by atoms with Gasteiger partial charge in [-0.15, -0.1) is 0 Å². The smallest absolute Gasteiger partial charge is 0.326 e. The van der Waals surface area contributed by atoms with Crippen molar-refractivity contribution in [3.8, 4) is 0 Å². The van der Waals surface area contributed by atoms with E-state index in [4.69, 9.17) is 21.1 Å². The monoisotopic (exact) mass is 361 g/mol. The summed E-state index contributed by atoms with van der Waals surface area (Å²) >= 11 is 0. The van der Waals surface area contributed by atoms with Gasteiger partial charge in [0.2, 0.25) is 11.8 Å². The Morgan fingerprint density at radius 1 is 0.880 bits per heavy atom. The molecule has 0 aliphatic carbocycles. The average Bonchev–Trinajstić information content (AvgIpc) is 2.50. The maximum absolute atomic E-state index is 12.1. The number of amides is 2. The van der Waals surface area contributed by atoms with Crippen molar-refractivity contribution in [2.75, 3.05) is 0 Å². The van der Waals surface area contributed by atoms with E-state index in [9.17, 15) is 24.0 Å². The van der Waals surface area contributed by atoms with Crippen LogP contribution in [0.25, 0.3) is 0 Å². The van der Waals surface area contributed by atoms with E-state index in [1.807, 2.05) is 5.32 Å². The van der Waals surface area contributed by atoms with E-state index in [1.165, 1.54) is 0 Å². The molecular formula is C14H23N3O8. The minimum Gasteiger partial charge on any atom is -0.481 e. The first-order valence-corrected chi connectivity index (χ1v) is 7.52. The molecule has 142 valence electrons. The molecule has 0 aromatic heterocycles. The summed E-state index contributed by atoms with van der Waals surface area (Å²) in [6, 6.07) is -4.33. The van der Waals surface area contributed by atoms with Gasteiger partial charge in [0.1, 0.15) is 12.1 Å². The molecule has 0 bridgehead atoms. The predicted octanol–water partition coefficient (Wildman–Crippen LogP) is -1.64. The molecule has 0 aliphatic heterocycles. The number of carbonyl (C=O) groups is 5. The van der Waals surface area contributed by atoms with E-state index in [1.54, 1.807) is 13.8 Å². The van der Waals surface area contributed by atoms with Gasteiger partial charge in [-0.3, -0.25) is 19.2 Å². The highest BCUT2D eigenvalue weighted by Gasteiger charge is 2.31. The quantitative estimate of drug-likeness (QED) is 0.250. The molecule has 0 saturated carbocycles. The maximum atomic E-state index is 12.1. The van der Waals surface area contributed by atoms with Crippen LogP contribution < -0.4 is 16.4 Å². The van der Waals surface area contributed by atoms with Gasteiger partial charge >= 0.3 is 17.9 Å². The Balaban J connectivity index is 5.14. The van der Waals surface area contributed by atoms with Gasteiger partial charge in [0.05, 0.1) is 18.9 Å². The first-order valence-electron chi connectivity index (χ1n) is 7.52. The van der Waals surface area contributed by atoms with E-state index < -0.39 is 60.7 Å². The summed E-state index contributed by atoms with van der Waals surface area (Å²) in [7, 11) is 0. The maximum Gasteiger partial charge on any atom is 0.326 e. The van der Waals surface area contributed by atoms with Crippen molar-refractivity contribution in [1.82, 2.24) is 10.6 Å². The van der Waals surface area contributed by atoms with Gasteiger partial charge < -0.3 is 31.7 Å². The van der Waals surface area contributed by atoms with Crippen molar-refractivity contribution in [1.29, 1.82) is 0 Å². The Kier molecular flexibility index (Phi) is 9.13. The minimum absolute atomic E-state index is 0.229. The number of rotatable bonds is 11. The summed E-state index contributed by atoms with van der Waals surface area (Å²) in [5.41, 5.74) is 5.70. The summed E-state index contributed by atoms with van der Waals surface area (Å²) in [6.07, 6.45) is -1.14. The number of hydrogen-bond acceptors (Lipinski definition) is 6. The molecule has 11 nitrogen and oxygen atoms in total. The minimum atomic E-state index is -1.76. The van der Waals surface area contributed by atoms with Crippen molar-refractivity contribution in [2.45, 2.75) is 51.2 Å². The molecule has 0 radical (unpaired) electrons. The Bertz CT molecular complexity index is 536. The van der Waals surface area contributed by atoms with Gasteiger partial charge in [-0.1, -0.05) is 20.3 Å². The highest BCUT2D eigenvalue weighted by molar-refractivity contribution is 5.94. The van der Waals surface area contributed by atoms with Crippen LogP contribution in [0.15, 0.2) is 0 Å². The zero-order valence-corrected chi connectivity index (χ0v) is 13.9. The van der Waals surface area contributed by atoms with Crippen LogP contribution in [0.5, 0.6) is 0 Å². The fourth-order valence-electron chi connectivity index (χ4n) is 1.81. The Hall–Kier alpha value is -2.69. The lowest BCUT2D eigenvalue weighted by molar-refractivity contribution is -0.148. The van der Waals surface area contributed by atoms with Gasteiger partial charge in [0.15, 0.2) is 0 Å². The first kappa shape index (κ1) is 22.3. The van der Waals surface area contributed by atoms with Crippen molar-refractivity contribution >= 4 is 29.7 Å². The second kappa shape index (κ2) is 10.2. The molecule has 11 heteroatoms. The summed E-state index contributed by atoms with van der Waals surface area (Å²) < 4.78 is 0. The summed E-state index contributed by atoms with van der Waals surface area (Å²) in [4.78, 5) is 56.6. The molecule has 0 spiro atoms. The Morgan fingerprint density at radius 2 is 1.32 bits per heavy atom. The number of carbonyl (C=O) groups excluding carboxylic acids is 2. The second-order valence-corrected chi connectivity index (χ2v) is 5.57. The van der Waals surface area contributed by atoms with Crippen LogP contribution in [0.4, 0.5) is 0 Å². The molecule has 4 atom stereocenters. The lowest BCUT2D eigenvalue weighted by atomic mass is 9.99. The highest BCUT2D eigenvalue weighted by atomic mass is 16.4. The van der Waals surface area contributed by atoms with E-state index in [0.29, 0.717) is 6.42 Å². The van der Waals surface area contributed by atoms with Crippen LogP contribution in [0.2, 0.25) is 0 Å². The molecule has 7 N–H and O–H groups in total. The Morgan fingerprint density at radius 3 is 1.72 bits per heavy atom. The summed E-state index contributed by atoms with van der Waals surface area (Å²) in [5.74, 6) is -6.60. The number of carboxylic acid groups (broad SMARTS) is 3. The molecule has 0 aromatic rings. The van der Waals surface area contributed by atoms with Crippen LogP contribution in [0.1, 0.15) is 33.1 Å². The standard InChI is InChI=1S/C14H23N3O8/c1-3-6(2)11(15)13(23)16-7(4-9(18)19)12(22)17-8(14(24)25)5-10(20)21/h6-8,11H,3-5,15H2,1-2H3,(H,16,23)(H,17,22)(H,18,19)(H,20,21)(H,24,25). The summed E-state index contributed by atoms with van der Waals surface area (Å²) in [6.45, 7) is 3.49. The molecule has 2 amide bonds. The molecule has 25 heavy (non-hydrogen) atoms. The van der Waals surface area contributed by atoms with Gasteiger partial charge in [-0.25, -0.2) is 4.79 Å². The topological polar surface area (TPSA) is 196 Å². The molecule has 0 saturated heterocycles. The number of aliphatic carboxylic acids is 3. The highest BCUT2D eigenvalue weighted by Crippen LogP contribution is 2.06. The zero-order chi connectivity index (χ0) is 19.7. The Labute approximate surface area is 143 Å². The SMILES string of the molecule is CCC(C)C(N)C(=O)NC(CC(=O)O)C(=O)NC(CC(=O)O)C(=O)O. The molecular weight excluding hydrogens is 338 g/mol. The van der Waals surface area contributed by atoms with E-state index >= 15 is 0 Å². The molecule has 0 aromatic carbocycles. The third kappa shape index (κ3) is 8.11. The number of nitrogens with two attached hydrogens (primary N) is 1. The van der Waals surface area contributed by atoms with Gasteiger partial charge in [0, 0.05) is 0 Å². The van der Waals surface area contributed by atoms with Gasteiger partial charge in [-0.05, 0) is 5.92 Å². The van der Waals surface area contributed by atoms with E-state index in [2.05, 4.69) is 5.32 Å². The van der Waals surface area contributed by atoms with Crippen LogP contribution in [0.3, 0.4) is 0 Å². The normalized spacial score (nSPS) is 15.3. The number of carboxylic acids is 3. The van der Waals surface area contributed by atoms with E-state index in [-0.39, 0.29) is 5.92 Å². The van der Waals surface area contributed by atoms with Crippen LogP contribution in [-0.2, 0) is 24.0 Å². The van der Waals surface area contributed by atoms with Crippen molar-refractivity contribution < 1.29 is 39.3 Å². The largest absolute Gasteiger partial charge is 0.481 e. The fraction of sp³-hybridized carbons (Fsp3) is 0.643. The number of nitrogens with one attached hydrogen (secondary N) is 2. The predicted molar refractivity (Wildman–Crippen MR) is 83.4 cm³/mol. The molecule has 0 fully saturated rings. The van der Waals surface area contributed by atoms with Gasteiger partial charge in [0.25, 0.3) is 0 Å². The van der Waals surface area contributed by atoms with Crippen molar-refractivity contribution in [3.63, 3.8) is 0 Å². The van der Waals surface area contributed by atoms with Gasteiger partial charge in [-0.2, -0.15) is 0 Å². The molecule has 0 heterocycles. The molecule has 0 aliphatic rings.